The maximum atomic E-state index is 5.21. The van der Waals surface area contributed by atoms with Gasteiger partial charge in [0.1, 0.15) is 0 Å². The summed E-state index contributed by atoms with van der Waals surface area (Å²) >= 11 is 0. The van der Waals surface area contributed by atoms with Crippen molar-refractivity contribution in [2.45, 2.75) is 31.2 Å². The van der Waals surface area contributed by atoms with Crippen molar-refractivity contribution in [2.75, 3.05) is 19.8 Å². The minimum atomic E-state index is 0.413. The molecule has 58 valence electrons. The molecule has 2 fully saturated rings. The summed E-state index contributed by atoms with van der Waals surface area (Å²) in [6.07, 6.45) is 5.46. The largest absolute Gasteiger partial charge is 0.377 e. The summed E-state index contributed by atoms with van der Waals surface area (Å²) in [7, 11) is 0. The summed E-state index contributed by atoms with van der Waals surface area (Å²) in [6.45, 7) is 3.10. The first-order chi connectivity index (χ1) is 4.91. The van der Waals surface area contributed by atoms with Crippen molar-refractivity contribution in [1.29, 1.82) is 0 Å². The third kappa shape index (κ3) is 1.06. The van der Waals surface area contributed by atoms with E-state index in [1.54, 1.807) is 0 Å². The number of rotatable bonds is 0. The lowest BCUT2D eigenvalue weighted by atomic mass is 9.92. The maximum Gasteiger partial charge on any atom is 0.0671 e. The lowest BCUT2D eigenvalue weighted by Gasteiger charge is -2.41. The van der Waals surface area contributed by atoms with E-state index in [0.717, 1.165) is 13.2 Å². The van der Waals surface area contributed by atoms with Crippen LogP contribution in [0, 0.1) is 0 Å². The number of nitrogens with one attached hydrogen (secondary N) is 1. The van der Waals surface area contributed by atoms with E-state index in [0.29, 0.717) is 5.54 Å². The smallest absolute Gasteiger partial charge is 0.0671 e. The van der Waals surface area contributed by atoms with Gasteiger partial charge in [-0.1, -0.05) is 12.8 Å². The van der Waals surface area contributed by atoms with Crippen molar-refractivity contribution in [3.05, 3.63) is 0 Å². The van der Waals surface area contributed by atoms with Crippen LogP contribution in [0.1, 0.15) is 25.7 Å². The van der Waals surface area contributed by atoms with Gasteiger partial charge in [-0.2, -0.15) is 0 Å². The van der Waals surface area contributed by atoms with E-state index < -0.39 is 0 Å². The van der Waals surface area contributed by atoms with E-state index in [-0.39, 0.29) is 0 Å². The molecular formula is C8H15NO. The number of ether oxygens (including phenoxy) is 1. The highest BCUT2D eigenvalue weighted by Crippen LogP contribution is 2.25. The van der Waals surface area contributed by atoms with Gasteiger partial charge in [-0.15, -0.1) is 0 Å². The summed E-state index contributed by atoms with van der Waals surface area (Å²) in [4.78, 5) is 0. The van der Waals surface area contributed by atoms with Gasteiger partial charge in [0.05, 0.1) is 18.8 Å². The molecule has 2 heteroatoms. The number of hydrogen-bond acceptors (Lipinski definition) is 2. The summed E-state index contributed by atoms with van der Waals surface area (Å²) in [5.74, 6) is 0. The topological polar surface area (TPSA) is 21.3 Å². The van der Waals surface area contributed by atoms with E-state index in [2.05, 4.69) is 5.32 Å². The Balaban J connectivity index is 1.92. The molecule has 2 aliphatic rings. The Morgan fingerprint density at radius 3 is 2.70 bits per heavy atom. The molecule has 0 saturated carbocycles. The molecule has 0 atom stereocenters. The van der Waals surface area contributed by atoms with Gasteiger partial charge in [-0.25, -0.2) is 0 Å². The Morgan fingerprint density at radius 2 is 2.00 bits per heavy atom. The predicted molar refractivity (Wildman–Crippen MR) is 40.0 cm³/mol. The molecule has 10 heavy (non-hydrogen) atoms. The first kappa shape index (κ1) is 6.62. The zero-order valence-electron chi connectivity index (χ0n) is 6.36. The minimum absolute atomic E-state index is 0.413. The van der Waals surface area contributed by atoms with E-state index in [4.69, 9.17) is 4.74 Å². The van der Waals surface area contributed by atoms with Gasteiger partial charge >= 0.3 is 0 Å². The molecule has 2 rings (SSSR count). The average molecular weight is 141 g/mol. The van der Waals surface area contributed by atoms with E-state index >= 15 is 0 Å². The Labute approximate surface area is 61.9 Å². The van der Waals surface area contributed by atoms with Gasteiger partial charge in [0.2, 0.25) is 0 Å². The quantitative estimate of drug-likeness (QED) is 0.541. The molecule has 0 bridgehead atoms. The fourth-order valence-electron chi connectivity index (χ4n) is 1.80. The summed E-state index contributed by atoms with van der Waals surface area (Å²) < 4.78 is 5.21. The lowest BCUT2D eigenvalue weighted by Crippen LogP contribution is -2.59. The van der Waals surface area contributed by atoms with Crippen LogP contribution in [0.15, 0.2) is 0 Å². The molecule has 2 saturated heterocycles. The van der Waals surface area contributed by atoms with Gasteiger partial charge < -0.3 is 10.1 Å². The highest BCUT2D eigenvalue weighted by Gasteiger charge is 2.37. The van der Waals surface area contributed by atoms with Crippen molar-refractivity contribution >= 4 is 0 Å². The molecule has 0 radical (unpaired) electrons. The lowest BCUT2D eigenvalue weighted by molar-refractivity contribution is -0.0759. The number of hydrogen-bond donors (Lipinski definition) is 1. The Bertz CT molecular complexity index is 110. The molecule has 1 spiro atoms. The first-order valence-corrected chi connectivity index (χ1v) is 4.24. The van der Waals surface area contributed by atoms with Gasteiger partial charge in [0, 0.05) is 0 Å². The molecule has 2 heterocycles. The second-order valence-electron chi connectivity index (χ2n) is 3.51. The molecule has 0 aromatic carbocycles. The van der Waals surface area contributed by atoms with Gasteiger partial charge in [0.15, 0.2) is 0 Å². The summed E-state index contributed by atoms with van der Waals surface area (Å²) in [6, 6.07) is 0. The van der Waals surface area contributed by atoms with E-state index in [1.165, 1.54) is 32.2 Å². The maximum absolute atomic E-state index is 5.21. The van der Waals surface area contributed by atoms with Crippen molar-refractivity contribution in [3.63, 3.8) is 0 Å². The second kappa shape index (κ2) is 2.51. The highest BCUT2D eigenvalue weighted by molar-refractivity contribution is 4.95. The first-order valence-electron chi connectivity index (χ1n) is 4.24. The summed E-state index contributed by atoms with van der Waals surface area (Å²) in [5, 5.41) is 3.57. The average Bonchev–Trinajstić information content (AvgIpc) is 2.08. The molecule has 1 N–H and O–H groups in total. The van der Waals surface area contributed by atoms with Crippen LogP contribution in [0.5, 0.6) is 0 Å². The highest BCUT2D eigenvalue weighted by atomic mass is 16.5. The molecular weight excluding hydrogens is 126 g/mol. The monoisotopic (exact) mass is 141 g/mol. The molecule has 2 aliphatic heterocycles. The predicted octanol–water partition coefficient (Wildman–Crippen LogP) is 0.919. The van der Waals surface area contributed by atoms with Crippen molar-refractivity contribution in [1.82, 2.24) is 5.32 Å². The van der Waals surface area contributed by atoms with Crippen LogP contribution in [0.25, 0.3) is 0 Å². The molecule has 0 aromatic rings. The molecule has 0 aliphatic carbocycles. The second-order valence-corrected chi connectivity index (χ2v) is 3.51. The van der Waals surface area contributed by atoms with Crippen LogP contribution in [0.4, 0.5) is 0 Å². The zero-order valence-corrected chi connectivity index (χ0v) is 6.36. The summed E-state index contributed by atoms with van der Waals surface area (Å²) in [5.41, 5.74) is 0.413. The van der Waals surface area contributed by atoms with E-state index in [1.807, 2.05) is 0 Å². The van der Waals surface area contributed by atoms with Gasteiger partial charge in [-0.05, 0) is 19.4 Å². The SMILES string of the molecule is C1CCNC2(CC1)COC2. The normalized spacial score (nSPS) is 31.2. The third-order valence-corrected chi connectivity index (χ3v) is 2.59. The zero-order chi connectivity index (χ0) is 6.86. The molecule has 0 unspecified atom stereocenters. The molecule has 0 amide bonds. The van der Waals surface area contributed by atoms with Crippen LogP contribution in [-0.2, 0) is 4.74 Å². The Kier molecular flexibility index (Phi) is 1.66. The van der Waals surface area contributed by atoms with E-state index in [9.17, 15) is 0 Å². The molecule has 0 aromatic heterocycles. The van der Waals surface area contributed by atoms with Crippen LogP contribution in [0.3, 0.4) is 0 Å². The minimum Gasteiger partial charge on any atom is -0.377 e. The van der Waals surface area contributed by atoms with Crippen LogP contribution >= 0.6 is 0 Å². The molecule has 2 nitrogen and oxygen atoms in total. The standard InChI is InChI=1S/C8H15NO/c1-2-4-8(6-10-7-8)9-5-3-1/h9H,1-7H2. The third-order valence-electron chi connectivity index (χ3n) is 2.59. The van der Waals surface area contributed by atoms with Crippen LogP contribution < -0.4 is 5.32 Å². The van der Waals surface area contributed by atoms with Crippen LogP contribution in [0.2, 0.25) is 0 Å². The van der Waals surface area contributed by atoms with Crippen molar-refractivity contribution in [3.8, 4) is 0 Å². The fraction of sp³-hybridized carbons (Fsp3) is 1.00. The fourth-order valence-corrected chi connectivity index (χ4v) is 1.80. The van der Waals surface area contributed by atoms with Crippen molar-refractivity contribution in [2.24, 2.45) is 0 Å². The van der Waals surface area contributed by atoms with Crippen LogP contribution in [-0.4, -0.2) is 25.3 Å². The Hall–Kier alpha value is -0.0800. The van der Waals surface area contributed by atoms with Crippen molar-refractivity contribution < 1.29 is 4.74 Å². The van der Waals surface area contributed by atoms with Gasteiger partial charge in [-0.3, -0.25) is 0 Å². The van der Waals surface area contributed by atoms with Gasteiger partial charge in [0.25, 0.3) is 0 Å². The Morgan fingerprint density at radius 1 is 1.10 bits per heavy atom.